The first-order valence-corrected chi connectivity index (χ1v) is 5.43. The maximum atomic E-state index is 11.4. The summed E-state index contributed by atoms with van der Waals surface area (Å²) in [6.07, 6.45) is 5.30. The molecule has 0 bridgehead atoms. The molecule has 3 nitrogen and oxygen atoms in total. The highest BCUT2D eigenvalue weighted by Crippen LogP contribution is 2.21. The van der Waals surface area contributed by atoms with Gasteiger partial charge < -0.3 is 9.47 Å². The van der Waals surface area contributed by atoms with Crippen LogP contribution in [0.4, 0.5) is 4.79 Å². The van der Waals surface area contributed by atoms with Crippen LogP contribution in [0.15, 0.2) is 12.2 Å². The number of carbonyl (C=O) groups excluding carboxylic acids is 1. The molecule has 0 radical (unpaired) electrons. The quantitative estimate of drug-likeness (QED) is 0.494. The van der Waals surface area contributed by atoms with Crippen molar-refractivity contribution in [1.82, 2.24) is 0 Å². The van der Waals surface area contributed by atoms with Gasteiger partial charge in [-0.25, -0.2) is 4.79 Å². The minimum atomic E-state index is -0.560. The minimum Gasteiger partial charge on any atom is -0.431 e. The molecule has 0 aliphatic heterocycles. The van der Waals surface area contributed by atoms with Crippen molar-refractivity contribution in [3.05, 3.63) is 12.2 Å². The molecule has 1 aliphatic rings. The zero-order chi connectivity index (χ0) is 11.5. The van der Waals surface area contributed by atoms with Gasteiger partial charge in [-0.2, -0.15) is 0 Å². The molecular weight excluding hydrogens is 192 g/mol. The van der Waals surface area contributed by atoms with E-state index in [9.17, 15) is 4.79 Å². The molecule has 0 saturated carbocycles. The normalized spacial score (nSPS) is 26.1. The van der Waals surface area contributed by atoms with E-state index in [4.69, 9.17) is 9.47 Å². The average molecular weight is 212 g/mol. The average Bonchev–Trinajstić information content (AvgIpc) is 1.99. The van der Waals surface area contributed by atoms with Crippen molar-refractivity contribution in [3.63, 3.8) is 0 Å². The van der Waals surface area contributed by atoms with Gasteiger partial charge in [0.25, 0.3) is 0 Å². The lowest BCUT2D eigenvalue weighted by molar-refractivity contribution is -0.0301. The van der Waals surface area contributed by atoms with Crippen LogP contribution in [0.1, 0.15) is 40.5 Å². The molecule has 0 aromatic rings. The van der Waals surface area contributed by atoms with Crippen molar-refractivity contribution >= 4 is 6.16 Å². The van der Waals surface area contributed by atoms with E-state index in [0.29, 0.717) is 5.92 Å². The van der Waals surface area contributed by atoms with Crippen molar-refractivity contribution in [3.8, 4) is 0 Å². The summed E-state index contributed by atoms with van der Waals surface area (Å²) >= 11 is 0. The predicted octanol–water partition coefficient (Wildman–Crippen LogP) is 3.29. The molecule has 15 heavy (non-hydrogen) atoms. The maximum absolute atomic E-state index is 11.4. The molecular formula is C12H20O3. The van der Waals surface area contributed by atoms with Crippen LogP contribution in [-0.2, 0) is 9.47 Å². The van der Waals surface area contributed by atoms with E-state index >= 15 is 0 Å². The highest BCUT2D eigenvalue weighted by Gasteiger charge is 2.23. The van der Waals surface area contributed by atoms with Crippen molar-refractivity contribution in [1.29, 1.82) is 0 Å². The number of hydrogen-bond acceptors (Lipinski definition) is 3. The molecule has 1 rings (SSSR count). The Morgan fingerprint density at radius 1 is 1.40 bits per heavy atom. The summed E-state index contributed by atoms with van der Waals surface area (Å²) in [5.74, 6) is 0.478. The number of carbonyl (C=O) groups is 1. The minimum absolute atomic E-state index is 0.0279. The molecule has 0 heterocycles. The van der Waals surface area contributed by atoms with E-state index in [2.05, 4.69) is 19.1 Å². The van der Waals surface area contributed by atoms with Gasteiger partial charge >= 0.3 is 6.16 Å². The van der Waals surface area contributed by atoms with Crippen LogP contribution in [0.5, 0.6) is 0 Å². The molecule has 0 fully saturated rings. The third kappa shape index (κ3) is 4.86. The molecule has 86 valence electrons. The first kappa shape index (κ1) is 12.1. The van der Waals surface area contributed by atoms with E-state index in [0.717, 1.165) is 12.8 Å². The molecule has 0 saturated heterocycles. The Bertz CT molecular complexity index is 250. The van der Waals surface area contributed by atoms with Gasteiger partial charge in [-0.15, -0.1) is 0 Å². The Morgan fingerprint density at radius 3 is 2.60 bits per heavy atom. The van der Waals surface area contributed by atoms with Gasteiger partial charge in [-0.3, -0.25) is 0 Å². The van der Waals surface area contributed by atoms with Crippen LogP contribution >= 0.6 is 0 Å². The Morgan fingerprint density at radius 2 is 2.07 bits per heavy atom. The fourth-order valence-corrected chi connectivity index (χ4v) is 1.56. The standard InChI is InChI=1S/C12H20O3/c1-9-6-5-7-10(8-9)14-11(13)15-12(2,3)4/h5-6,9-10H,7-8H2,1-4H3/t9-,10+/m1/s1. The van der Waals surface area contributed by atoms with E-state index < -0.39 is 11.8 Å². The second-order valence-electron chi connectivity index (χ2n) is 5.08. The van der Waals surface area contributed by atoms with Crippen LogP contribution in [0.25, 0.3) is 0 Å². The maximum Gasteiger partial charge on any atom is 0.509 e. The van der Waals surface area contributed by atoms with E-state index in [1.165, 1.54) is 0 Å². The highest BCUT2D eigenvalue weighted by atomic mass is 16.7. The number of hydrogen-bond donors (Lipinski definition) is 0. The van der Waals surface area contributed by atoms with Crippen LogP contribution in [0, 0.1) is 5.92 Å². The van der Waals surface area contributed by atoms with Gasteiger partial charge in [-0.05, 0) is 33.1 Å². The number of ether oxygens (including phenoxy) is 2. The van der Waals surface area contributed by atoms with Gasteiger partial charge in [0, 0.05) is 6.42 Å². The van der Waals surface area contributed by atoms with Crippen molar-refractivity contribution < 1.29 is 14.3 Å². The zero-order valence-electron chi connectivity index (χ0n) is 9.95. The van der Waals surface area contributed by atoms with E-state index in [1.807, 2.05) is 20.8 Å². The van der Waals surface area contributed by atoms with Gasteiger partial charge in [0.15, 0.2) is 0 Å². The lowest BCUT2D eigenvalue weighted by Gasteiger charge is -2.25. The topological polar surface area (TPSA) is 35.5 Å². The summed E-state index contributed by atoms with van der Waals surface area (Å²) in [7, 11) is 0. The van der Waals surface area contributed by atoms with E-state index in [-0.39, 0.29) is 6.10 Å². The Hall–Kier alpha value is -0.990. The second kappa shape index (κ2) is 4.69. The Kier molecular flexibility index (Phi) is 3.77. The second-order valence-corrected chi connectivity index (χ2v) is 5.08. The van der Waals surface area contributed by atoms with Gasteiger partial charge in [0.05, 0.1) is 0 Å². The first-order chi connectivity index (χ1) is 6.87. The van der Waals surface area contributed by atoms with Crippen LogP contribution in [-0.4, -0.2) is 17.9 Å². The molecule has 0 N–H and O–H groups in total. The highest BCUT2D eigenvalue weighted by molar-refractivity contribution is 5.60. The number of allylic oxidation sites excluding steroid dienone is 1. The molecule has 0 aromatic heterocycles. The molecule has 0 aromatic carbocycles. The Balaban J connectivity index is 2.36. The van der Waals surface area contributed by atoms with Crippen molar-refractivity contribution in [2.75, 3.05) is 0 Å². The smallest absolute Gasteiger partial charge is 0.431 e. The summed E-state index contributed by atoms with van der Waals surface area (Å²) in [6, 6.07) is 0. The fourth-order valence-electron chi connectivity index (χ4n) is 1.56. The van der Waals surface area contributed by atoms with Crippen LogP contribution < -0.4 is 0 Å². The fraction of sp³-hybridized carbons (Fsp3) is 0.750. The third-order valence-electron chi connectivity index (χ3n) is 2.15. The summed E-state index contributed by atoms with van der Waals surface area (Å²) in [4.78, 5) is 11.4. The summed E-state index contributed by atoms with van der Waals surface area (Å²) in [6.45, 7) is 7.61. The van der Waals surface area contributed by atoms with Crippen molar-refractivity contribution in [2.24, 2.45) is 5.92 Å². The zero-order valence-corrected chi connectivity index (χ0v) is 9.95. The predicted molar refractivity (Wildman–Crippen MR) is 58.6 cm³/mol. The molecule has 0 spiro atoms. The third-order valence-corrected chi connectivity index (χ3v) is 2.15. The summed E-state index contributed by atoms with van der Waals surface area (Å²) < 4.78 is 10.3. The summed E-state index contributed by atoms with van der Waals surface area (Å²) in [5.41, 5.74) is -0.479. The molecule has 1 aliphatic carbocycles. The van der Waals surface area contributed by atoms with Crippen LogP contribution in [0.2, 0.25) is 0 Å². The molecule has 0 unspecified atom stereocenters. The monoisotopic (exact) mass is 212 g/mol. The van der Waals surface area contributed by atoms with Gasteiger partial charge in [0.2, 0.25) is 0 Å². The van der Waals surface area contributed by atoms with Gasteiger partial charge in [-0.1, -0.05) is 19.1 Å². The van der Waals surface area contributed by atoms with Crippen molar-refractivity contribution in [2.45, 2.75) is 52.2 Å². The lowest BCUT2D eigenvalue weighted by atomic mass is 9.95. The van der Waals surface area contributed by atoms with E-state index in [1.54, 1.807) is 0 Å². The Labute approximate surface area is 91.4 Å². The largest absolute Gasteiger partial charge is 0.509 e. The molecule has 3 heteroatoms. The number of rotatable bonds is 1. The van der Waals surface area contributed by atoms with Crippen LogP contribution in [0.3, 0.4) is 0 Å². The SMILES string of the molecule is C[C@@H]1C=CC[C@H](OC(=O)OC(C)(C)C)C1. The molecule has 0 amide bonds. The summed E-state index contributed by atoms with van der Waals surface area (Å²) in [5, 5.41) is 0. The lowest BCUT2D eigenvalue weighted by Crippen LogP contribution is -2.29. The van der Waals surface area contributed by atoms with Gasteiger partial charge in [0.1, 0.15) is 11.7 Å². The molecule has 2 atom stereocenters. The first-order valence-electron chi connectivity index (χ1n) is 5.43.